The van der Waals surface area contributed by atoms with Gasteiger partial charge in [0.1, 0.15) is 18.0 Å². The van der Waals surface area contributed by atoms with Crippen molar-refractivity contribution in [2.45, 2.75) is 58.3 Å². The SMILES string of the molecule is CC(C)Oc1ccc(C(=O)N[C@H](CCC(=O)CO)Cc2ccc(-c3cn4cccc(C(C)O)c4n3)cc2)cc1Cl. The number of fused-ring (bicyclic) bond motifs is 1. The number of ether oxygens (including phenoxy) is 1. The summed E-state index contributed by atoms with van der Waals surface area (Å²) in [6.45, 7) is 4.98. The lowest BCUT2D eigenvalue weighted by Gasteiger charge is -2.19. The van der Waals surface area contributed by atoms with Crippen molar-refractivity contribution < 1.29 is 24.5 Å². The van der Waals surface area contributed by atoms with Gasteiger partial charge in [-0.3, -0.25) is 9.59 Å². The van der Waals surface area contributed by atoms with E-state index in [1.165, 1.54) is 0 Å². The van der Waals surface area contributed by atoms with E-state index in [0.29, 0.717) is 34.8 Å². The maximum atomic E-state index is 13.1. The maximum Gasteiger partial charge on any atom is 0.251 e. The highest BCUT2D eigenvalue weighted by molar-refractivity contribution is 6.32. The third-order valence-electron chi connectivity index (χ3n) is 6.53. The third-order valence-corrected chi connectivity index (χ3v) is 6.83. The highest BCUT2D eigenvalue weighted by atomic mass is 35.5. The summed E-state index contributed by atoms with van der Waals surface area (Å²) < 4.78 is 7.54. The Bertz CT molecular complexity index is 1480. The van der Waals surface area contributed by atoms with Gasteiger partial charge < -0.3 is 24.7 Å². The zero-order chi connectivity index (χ0) is 28.8. The van der Waals surface area contributed by atoms with Crippen molar-refractivity contribution in [2.24, 2.45) is 0 Å². The molecule has 4 aromatic rings. The number of pyridine rings is 1. The van der Waals surface area contributed by atoms with Gasteiger partial charge in [-0.25, -0.2) is 4.98 Å². The van der Waals surface area contributed by atoms with Gasteiger partial charge >= 0.3 is 0 Å². The average Bonchev–Trinajstić information content (AvgIpc) is 3.37. The lowest BCUT2D eigenvalue weighted by molar-refractivity contribution is -0.121. The van der Waals surface area contributed by atoms with Crippen LogP contribution in [0.1, 0.15) is 61.2 Å². The van der Waals surface area contributed by atoms with Gasteiger partial charge in [0.2, 0.25) is 0 Å². The Morgan fingerprint density at radius 3 is 2.50 bits per heavy atom. The molecule has 2 aromatic carbocycles. The molecule has 2 aromatic heterocycles. The van der Waals surface area contributed by atoms with Crippen LogP contribution in [-0.4, -0.2) is 50.0 Å². The normalized spacial score (nSPS) is 12.9. The molecule has 8 nitrogen and oxygen atoms in total. The molecule has 0 bridgehead atoms. The number of ketones is 1. The molecule has 0 aliphatic heterocycles. The van der Waals surface area contributed by atoms with E-state index in [4.69, 9.17) is 26.4 Å². The molecule has 0 aliphatic carbocycles. The summed E-state index contributed by atoms with van der Waals surface area (Å²) in [4.78, 5) is 29.6. The number of aliphatic hydroxyl groups is 2. The summed E-state index contributed by atoms with van der Waals surface area (Å²) in [5.41, 5.74) is 4.51. The fraction of sp³-hybridized carbons (Fsp3) is 0.323. The van der Waals surface area contributed by atoms with Crippen molar-refractivity contribution in [3.8, 4) is 17.0 Å². The minimum atomic E-state index is -0.631. The summed E-state index contributed by atoms with van der Waals surface area (Å²) in [6, 6.07) is 16.1. The van der Waals surface area contributed by atoms with Crippen molar-refractivity contribution in [2.75, 3.05) is 6.61 Å². The summed E-state index contributed by atoms with van der Waals surface area (Å²) in [5, 5.41) is 22.6. The first kappa shape index (κ1) is 29.3. The van der Waals surface area contributed by atoms with Crippen LogP contribution in [0.2, 0.25) is 5.02 Å². The number of aliphatic hydroxyl groups excluding tert-OH is 2. The Morgan fingerprint density at radius 1 is 1.10 bits per heavy atom. The van der Waals surface area contributed by atoms with Gasteiger partial charge in [0.25, 0.3) is 5.91 Å². The lowest BCUT2D eigenvalue weighted by atomic mass is 9.98. The van der Waals surface area contributed by atoms with Crippen LogP contribution in [0, 0.1) is 0 Å². The molecule has 0 saturated heterocycles. The molecule has 2 atom stereocenters. The van der Waals surface area contributed by atoms with Crippen LogP contribution >= 0.6 is 11.6 Å². The lowest BCUT2D eigenvalue weighted by Crippen LogP contribution is -2.37. The van der Waals surface area contributed by atoms with Gasteiger partial charge in [0.05, 0.1) is 22.9 Å². The van der Waals surface area contributed by atoms with E-state index in [2.05, 4.69) is 5.32 Å². The molecule has 0 aliphatic rings. The van der Waals surface area contributed by atoms with Crippen LogP contribution in [0.15, 0.2) is 67.0 Å². The van der Waals surface area contributed by atoms with Crippen LogP contribution in [0.5, 0.6) is 5.75 Å². The van der Waals surface area contributed by atoms with Crippen LogP contribution in [0.4, 0.5) is 0 Å². The number of benzene rings is 2. The number of hydrogen-bond acceptors (Lipinski definition) is 6. The van der Waals surface area contributed by atoms with Gasteiger partial charge in [0, 0.05) is 41.5 Å². The highest BCUT2D eigenvalue weighted by Gasteiger charge is 2.18. The first-order valence-corrected chi connectivity index (χ1v) is 13.7. The molecule has 40 heavy (non-hydrogen) atoms. The van der Waals surface area contributed by atoms with Crippen LogP contribution in [-0.2, 0) is 11.2 Å². The van der Waals surface area contributed by atoms with E-state index in [1.54, 1.807) is 25.1 Å². The number of carbonyl (C=O) groups excluding carboxylic acids is 2. The van der Waals surface area contributed by atoms with Gasteiger partial charge in [-0.15, -0.1) is 0 Å². The summed E-state index contributed by atoms with van der Waals surface area (Å²) >= 11 is 6.32. The number of Topliss-reactive ketones (excluding diaryl/α,β-unsaturated/α-hetero) is 1. The number of imidazole rings is 1. The second kappa shape index (κ2) is 13.1. The maximum absolute atomic E-state index is 13.1. The second-order valence-corrected chi connectivity index (χ2v) is 10.5. The van der Waals surface area contributed by atoms with E-state index >= 15 is 0 Å². The third kappa shape index (κ3) is 7.27. The van der Waals surface area contributed by atoms with Crippen molar-refractivity contribution >= 4 is 28.9 Å². The topological polar surface area (TPSA) is 113 Å². The van der Waals surface area contributed by atoms with Crippen molar-refractivity contribution in [3.05, 3.63) is 88.7 Å². The fourth-order valence-corrected chi connectivity index (χ4v) is 4.72. The zero-order valence-corrected chi connectivity index (χ0v) is 23.6. The molecule has 0 fully saturated rings. The second-order valence-electron chi connectivity index (χ2n) is 10.1. The largest absolute Gasteiger partial charge is 0.489 e. The van der Waals surface area contributed by atoms with Crippen LogP contribution in [0.25, 0.3) is 16.9 Å². The quantitative estimate of drug-likeness (QED) is 0.219. The molecule has 3 N–H and O–H groups in total. The number of nitrogens with one attached hydrogen (secondary N) is 1. The monoisotopic (exact) mass is 563 g/mol. The Morgan fingerprint density at radius 2 is 1.85 bits per heavy atom. The van der Waals surface area contributed by atoms with Crippen molar-refractivity contribution in [1.82, 2.24) is 14.7 Å². The predicted molar refractivity (Wildman–Crippen MR) is 155 cm³/mol. The number of carbonyl (C=O) groups is 2. The molecular weight excluding hydrogens is 530 g/mol. The molecule has 0 spiro atoms. The molecule has 4 rings (SSSR count). The van der Waals surface area contributed by atoms with Crippen LogP contribution in [0.3, 0.4) is 0 Å². The Labute approximate surface area is 238 Å². The minimum absolute atomic E-state index is 0.0496. The first-order chi connectivity index (χ1) is 19.1. The standard InChI is InChI=1S/C31H34ClN3O5/c1-19(2)40-29-13-10-23(16-27(29)32)31(39)33-24(11-12-25(38)18-36)15-21-6-8-22(9-7-21)28-17-35-14-4-5-26(20(3)37)30(35)34-28/h4-10,13-14,16-17,19-20,24,36-37H,11-12,15,18H2,1-3H3,(H,33,39)/t20?,24-/m1/s1. The predicted octanol–water partition coefficient (Wildman–Crippen LogP) is 5.18. The van der Waals surface area contributed by atoms with Crippen molar-refractivity contribution in [1.29, 1.82) is 0 Å². The van der Waals surface area contributed by atoms with E-state index in [1.807, 2.05) is 67.0 Å². The molecular formula is C31H34ClN3O5. The Balaban J connectivity index is 1.50. The van der Waals surface area contributed by atoms with Gasteiger partial charge in [0.15, 0.2) is 5.78 Å². The van der Waals surface area contributed by atoms with Crippen molar-refractivity contribution in [3.63, 3.8) is 0 Å². The van der Waals surface area contributed by atoms with E-state index in [-0.39, 0.29) is 30.3 Å². The number of amides is 1. The minimum Gasteiger partial charge on any atom is -0.489 e. The van der Waals surface area contributed by atoms with E-state index < -0.39 is 12.7 Å². The highest BCUT2D eigenvalue weighted by Crippen LogP contribution is 2.27. The number of halogens is 1. The number of nitrogens with zero attached hydrogens (tertiary/aromatic N) is 2. The summed E-state index contributed by atoms with van der Waals surface area (Å²) in [6.07, 6.45) is 4.15. The Hall–Kier alpha value is -3.72. The van der Waals surface area contributed by atoms with Gasteiger partial charge in [-0.05, 0) is 63.4 Å². The molecule has 9 heteroatoms. The molecule has 0 saturated carbocycles. The molecule has 1 unspecified atom stereocenters. The zero-order valence-electron chi connectivity index (χ0n) is 22.8. The summed E-state index contributed by atoms with van der Waals surface area (Å²) in [7, 11) is 0. The molecule has 1 amide bonds. The first-order valence-electron chi connectivity index (χ1n) is 13.3. The van der Waals surface area contributed by atoms with E-state index in [0.717, 1.165) is 22.4 Å². The number of hydrogen-bond donors (Lipinski definition) is 3. The average molecular weight is 564 g/mol. The summed E-state index contributed by atoms with van der Waals surface area (Å²) in [5.74, 6) is -0.0861. The van der Waals surface area contributed by atoms with Gasteiger partial charge in [-0.2, -0.15) is 0 Å². The fourth-order valence-electron chi connectivity index (χ4n) is 4.50. The van der Waals surface area contributed by atoms with Gasteiger partial charge in [-0.1, -0.05) is 41.9 Å². The number of rotatable bonds is 12. The molecule has 0 radical (unpaired) electrons. The number of aromatic nitrogens is 2. The van der Waals surface area contributed by atoms with E-state index in [9.17, 15) is 14.7 Å². The van der Waals surface area contributed by atoms with Crippen LogP contribution < -0.4 is 10.1 Å². The molecule has 210 valence electrons. The Kier molecular flexibility index (Phi) is 9.58. The smallest absolute Gasteiger partial charge is 0.251 e. The molecule has 2 heterocycles.